The van der Waals surface area contributed by atoms with Crippen molar-refractivity contribution < 1.29 is 14.7 Å². The molecule has 1 atom stereocenters. The molecule has 0 aliphatic heterocycles. The quantitative estimate of drug-likeness (QED) is 0.728. The van der Waals surface area contributed by atoms with E-state index in [0.29, 0.717) is 12.8 Å². The van der Waals surface area contributed by atoms with E-state index in [1.165, 1.54) is 0 Å². The third kappa shape index (κ3) is 2.74. The van der Waals surface area contributed by atoms with Crippen LogP contribution >= 0.6 is 0 Å². The van der Waals surface area contributed by atoms with Crippen LogP contribution in [-0.2, 0) is 9.59 Å². The van der Waals surface area contributed by atoms with Gasteiger partial charge in [-0.1, -0.05) is 26.7 Å². The number of carbonyl (C=O) groups is 2. The molecule has 1 aliphatic rings. The highest BCUT2D eigenvalue weighted by Crippen LogP contribution is 2.32. The van der Waals surface area contributed by atoms with Crippen LogP contribution < -0.4 is 5.32 Å². The zero-order chi connectivity index (χ0) is 12.2. The van der Waals surface area contributed by atoms with Crippen molar-refractivity contribution >= 4 is 11.9 Å². The van der Waals surface area contributed by atoms with E-state index in [1.54, 1.807) is 0 Å². The molecular formula is C12H21NO3. The van der Waals surface area contributed by atoms with Gasteiger partial charge in [0.05, 0.1) is 0 Å². The van der Waals surface area contributed by atoms with Crippen molar-refractivity contribution in [1.82, 2.24) is 5.32 Å². The van der Waals surface area contributed by atoms with Gasteiger partial charge < -0.3 is 10.4 Å². The van der Waals surface area contributed by atoms with Gasteiger partial charge in [0.1, 0.15) is 5.54 Å². The maximum absolute atomic E-state index is 11.8. The molecule has 1 amide bonds. The van der Waals surface area contributed by atoms with Crippen LogP contribution in [0.15, 0.2) is 0 Å². The second kappa shape index (κ2) is 5.32. The smallest absolute Gasteiger partial charge is 0.329 e. The average molecular weight is 227 g/mol. The summed E-state index contributed by atoms with van der Waals surface area (Å²) in [6.45, 7) is 3.94. The topological polar surface area (TPSA) is 66.4 Å². The van der Waals surface area contributed by atoms with E-state index in [1.807, 2.05) is 6.92 Å². The van der Waals surface area contributed by atoms with Crippen molar-refractivity contribution in [2.75, 3.05) is 0 Å². The third-order valence-corrected chi connectivity index (χ3v) is 3.42. The van der Waals surface area contributed by atoms with Crippen LogP contribution in [0.3, 0.4) is 0 Å². The first-order chi connectivity index (χ1) is 7.52. The molecule has 4 nitrogen and oxygen atoms in total. The highest BCUT2D eigenvalue weighted by Gasteiger charge is 2.46. The van der Waals surface area contributed by atoms with Crippen LogP contribution in [0.4, 0.5) is 0 Å². The molecule has 2 N–H and O–H groups in total. The standard InChI is InChI=1S/C12H21NO3/c1-3-4-6-9(2)10(14)13-12(11(15)16)7-5-8-12/h9H,3-8H2,1-2H3,(H,13,14)(H,15,16). The fraction of sp³-hybridized carbons (Fsp3) is 0.833. The fourth-order valence-electron chi connectivity index (χ4n) is 1.92. The van der Waals surface area contributed by atoms with Gasteiger partial charge in [-0.25, -0.2) is 4.79 Å². The number of rotatable bonds is 6. The van der Waals surface area contributed by atoms with E-state index < -0.39 is 11.5 Å². The Labute approximate surface area is 96.4 Å². The van der Waals surface area contributed by atoms with Crippen LogP contribution in [0.2, 0.25) is 0 Å². The van der Waals surface area contributed by atoms with Crippen LogP contribution in [0.5, 0.6) is 0 Å². The molecule has 1 saturated carbocycles. The highest BCUT2D eigenvalue weighted by molar-refractivity contribution is 5.88. The van der Waals surface area contributed by atoms with Gasteiger partial charge in [-0.3, -0.25) is 4.79 Å². The second-order valence-corrected chi connectivity index (χ2v) is 4.77. The average Bonchev–Trinajstić information content (AvgIpc) is 2.18. The molecule has 0 aromatic rings. The molecule has 1 fully saturated rings. The fourth-order valence-corrected chi connectivity index (χ4v) is 1.92. The number of carboxylic acid groups (broad SMARTS) is 1. The van der Waals surface area contributed by atoms with E-state index >= 15 is 0 Å². The molecule has 4 heteroatoms. The molecule has 0 aromatic carbocycles. The Balaban J connectivity index is 2.46. The highest BCUT2D eigenvalue weighted by atomic mass is 16.4. The van der Waals surface area contributed by atoms with Gasteiger partial charge in [0.25, 0.3) is 0 Å². The first kappa shape index (κ1) is 13.0. The summed E-state index contributed by atoms with van der Waals surface area (Å²) in [7, 11) is 0. The predicted molar refractivity (Wildman–Crippen MR) is 61.0 cm³/mol. The molecular weight excluding hydrogens is 206 g/mol. The monoisotopic (exact) mass is 227 g/mol. The van der Waals surface area contributed by atoms with E-state index in [0.717, 1.165) is 25.7 Å². The molecule has 16 heavy (non-hydrogen) atoms. The lowest BCUT2D eigenvalue weighted by atomic mass is 9.76. The predicted octanol–water partition coefficient (Wildman–Crippen LogP) is 1.94. The molecule has 0 heterocycles. The molecule has 1 unspecified atom stereocenters. The molecule has 0 bridgehead atoms. The number of aliphatic carboxylic acids is 1. The summed E-state index contributed by atoms with van der Waals surface area (Å²) in [5.74, 6) is -1.10. The van der Waals surface area contributed by atoms with Gasteiger partial charge in [0.2, 0.25) is 5.91 Å². The number of hydrogen-bond donors (Lipinski definition) is 2. The molecule has 0 spiro atoms. The Hall–Kier alpha value is -1.06. The summed E-state index contributed by atoms with van der Waals surface area (Å²) in [5, 5.41) is 11.8. The Morgan fingerprint density at radius 1 is 1.44 bits per heavy atom. The van der Waals surface area contributed by atoms with Gasteiger partial charge >= 0.3 is 5.97 Å². The van der Waals surface area contributed by atoms with E-state index in [2.05, 4.69) is 12.2 Å². The lowest BCUT2D eigenvalue weighted by Gasteiger charge is -2.38. The molecule has 1 rings (SSSR count). The Kier molecular flexibility index (Phi) is 4.33. The molecule has 0 radical (unpaired) electrons. The van der Waals surface area contributed by atoms with E-state index in [-0.39, 0.29) is 11.8 Å². The number of nitrogens with one attached hydrogen (secondary N) is 1. The van der Waals surface area contributed by atoms with Crippen molar-refractivity contribution in [1.29, 1.82) is 0 Å². The lowest BCUT2D eigenvalue weighted by molar-refractivity contribution is -0.152. The van der Waals surface area contributed by atoms with Crippen molar-refractivity contribution in [2.24, 2.45) is 5.92 Å². The zero-order valence-corrected chi connectivity index (χ0v) is 10.1. The van der Waals surface area contributed by atoms with Gasteiger partial charge in [-0.05, 0) is 25.7 Å². The summed E-state index contributed by atoms with van der Waals surface area (Å²) in [4.78, 5) is 22.8. The number of hydrogen-bond acceptors (Lipinski definition) is 2. The third-order valence-electron chi connectivity index (χ3n) is 3.42. The Morgan fingerprint density at radius 2 is 2.06 bits per heavy atom. The maximum atomic E-state index is 11.8. The molecule has 0 saturated heterocycles. The first-order valence-electron chi connectivity index (χ1n) is 6.07. The molecule has 0 aromatic heterocycles. The van der Waals surface area contributed by atoms with E-state index in [4.69, 9.17) is 5.11 Å². The van der Waals surface area contributed by atoms with Gasteiger partial charge in [-0.2, -0.15) is 0 Å². The van der Waals surface area contributed by atoms with Crippen LogP contribution in [0, 0.1) is 5.92 Å². The normalized spacial score (nSPS) is 19.6. The zero-order valence-electron chi connectivity index (χ0n) is 10.1. The Morgan fingerprint density at radius 3 is 2.44 bits per heavy atom. The lowest BCUT2D eigenvalue weighted by Crippen LogP contribution is -2.60. The summed E-state index contributed by atoms with van der Waals surface area (Å²) in [6, 6.07) is 0. The minimum Gasteiger partial charge on any atom is -0.480 e. The largest absolute Gasteiger partial charge is 0.480 e. The molecule has 92 valence electrons. The van der Waals surface area contributed by atoms with Gasteiger partial charge in [0, 0.05) is 5.92 Å². The number of carboxylic acids is 1. The van der Waals surface area contributed by atoms with Crippen molar-refractivity contribution in [3.63, 3.8) is 0 Å². The maximum Gasteiger partial charge on any atom is 0.329 e. The first-order valence-corrected chi connectivity index (χ1v) is 6.07. The second-order valence-electron chi connectivity index (χ2n) is 4.77. The SMILES string of the molecule is CCCCC(C)C(=O)NC1(C(=O)O)CCC1. The summed E-state index contributed by atoms with van der Waals surface area (Å²) < 4.78 is 0. The van der Waals surface area contributed by atoms with Crippen LogP contribution in [0.1, 0.15) is 52.4 Å². The minimum absolute atomic E-state index is 0.0863. The number of amides is 1. The summed E-state index contributed by atoms with van der Waals surface area (Å²) in [6.07, 6.45) is 4.91. The molecule has 1 aliphatic carbocycles. The Bertz CT molecular complexity index is 271. The van der Waals surface area contributed by atoms with Crippen LogP contribution in [0.25, 0.3) is 0 Å². The summed E-state index contributed by atoms with van der Waals surface area (Å²) >= 11 is 0. The van der Waals surface area contributed by atoms with Crippen LogP contribution in [-0.4, -0.2) is 22.5 Å². The number of unbranched alkanes of at least 4 members (excludes halogenated alkanes) is 1. The number of carbonyl (C=O) groups excluding carboxylic acids is 1. The summed E-state index contributed by atoms with van der Waals surface area (Å²) in [5.41, 5.74) is -0.961. The van der Waals surface area contributed by atoms with E-state index in [9.17, 15) is 9.59 Å². The van der Waals surface area contributed by atoms with Crippen molar-refractivity contribution in [3.05, 3.63) is 0 Å². The van der Waals surface area contributed by atoms with Gasteiger partial charge in [-0.15, -0.1) is 0 Å². The van der Waals surface area contributed by atoms with Crippen molar-refractivity contribution in [3.8, 4) is 0 Å². The minimum atomic E-state index is -0.961. The van der Waals surface area contributed by atoms with Crippen molar-refractivity contribution in [2.45, 2.75) is 57.9 Å². The van der Waals surface area contributed by atoms with Gasteiger partial charge in [0.15, 0.2) is 0 Å².